The number of carbonyl (C=O) groups excluding carboxylic acids is 2. The summed E-state index contributed by atoms with van der Waals surface area (Å²) in [5, 5.41) is 3.92. The molecule has 2 atom stereocenters. The monoisotopic (exact) mass is 468 g/mol. The van der Waals surface area contributed by atoms with Gasteiger partial charge in [0.15, 0.2) is 6.04 Å². The summed E-state index contributed by atoms with van der Waals surface area (Å²) in [7, 11) is 1.59. The summed E-state index contributed by atoms with van der Waals surface area (Å²) in [5.41, 5.74) is 4.79. The molecule has 162 valence electrons. The maximum absolute atomic E-state index is 12.9. The summed E-state index contributed by atoms with van der Waals surface area (Å²) in [6.45, 7) is 0. The quantitative estimate of drug-likeness (QED) is 0.555. The first kappa shape index (κ1) is 21.9. The third kappa shape index (κ3) is 4.61. The maximum atomic E-state index is 12.9. The van der Waals surface area contributed by atoms with Gasteiger partial charge in [0, 0.05) is 16.1 Å². The number of methoxy groups -OCH3 is 1. The van der Waals surface area contributed by atoms with E-state index in [1.54, 1.807) is 48.3 Å². The molecule has 8 heteroatoms. The van der Waals surface area contributed by atoms with E-state index in [0.717, 1.165) is 11.1 Å². The van der Waals surface area contributed by atoms with E-state index < -0.39 is 12.1 Å². The molecule has 0 aromatic heterocycles. The second kappa shape index (κ2) is 9.42. The molecule has 2 amide bonds. The number of hydrogen-bond acceptors (Lipinski definition) is 3. The average molecular weight is 469 g/mol. The van der Waals surface area contributed by atoms with Gasteiger partial charge < -0.3 is 10.1 Å². The lowest BCUT2D eigenvalue weighted by Crippen LogP contribution is -2.42. The third-order valence-electron chi connectivity index (χ3n) is 5.17. The van der Waals surface area contributed by atoms with Crippen LogP contribution in [-0.2, 0) is 4.79 Å². The zero-order valence-electron chi connectivity index (χ0n) is 17.1. The van der Waals surface area contributed by atoms with Gasteiger partial charge in [-0.1, -0.05) is 35.3 Å². The molecule has 0 spiro atoms. The van der Waals surface area contributed by atoms with E-state index in [9.17, 15) is 9.59 Å². The molecule has 6 nitrogen and oxygen atoms in total. The van der Waals surface area contributed by atoms with Gasteiger partial charge in [0.1, 0.15) is 5.75 Å². The lowest BCUT2D eigenvalue weighted by molar-refractivity contribution is -0.596. The van der Waals surface area contributed by atoms with Crippen molar-refractivity contribution in [1.29, 1.82) is 0 Å². The fourth-order valence-corrected chi connectivity index (χ4v) is 3.85. The molecule has 4 rings (SSSR count). The molecular formula is C24H20Cl2N3O3+. The molecule has 3 aromatic rings. The number of halogens is 2. The summed E-state index contributed by atoms with van der Waals surface area (Å²) in [6.07, 6.45) is 1.75. The van der Waals surface area contributed by atoms with E-state index in [4.69, 9.17) is 27.9 Å². The van der Waals surface area contributed by atoms with Crippen LogP contribution in [0.4, 0.5) is 0 Å². The van der Waals surface area contributed by atoms with Gasteiger partial charge in [-0.2, -0.15) is 0 Å². The standard InChI is InChI=1S/C24H19Cl2N3O3/c1-32-19-12-8-15(9-13-19)22-21(27-23(30)16-6-10-18(25)11-7-16)24(31)28-29(22)14-17-4-2-3-5-20(17)26/h2-14,21-22H,1H3,(H-,27,28,30,31)/p+1/b29-14-/t21-,22-/m1/s1. The van der Waals surface area contributed by atoms with Crippen LogP contribution in [0.1, 0.15) is 27.5 Å². The second-order valence-electron chi connectivity index (χ2n) is 7.21. The Balaban J connectivity index is 1.71. The number of nitrogens with zero attached hydrogens (tertiary/aromatic N) is 1. The van der Waals surface area contributed by atoms with Gasteiger partial charge >= 0.3 is 5.91 Å². The number of amides is 2. The van der Waals surface area contributed by atoms with E-state index in [2.05, 4.69) is 10.7 Å². The second-order valence-corrected chi connectivity index (χ2v) is 8.05. The highest BCUT2D eigenvalue weighted by Crippen LogP contribution is 2.28. The van der Waals surface area contributed by atoms with Crippen LogP contribution in [0.2, 0.25) is 10.0 Å². The lowest BCUT2D eigenvalue weighted by atomic mass is 9.99. The van der Waals surface area contributed by atoms with E-state index >= 15 is 0 Å². The zero-order valence-corrected chi connectivity index (χ0v) is 18.6. The van der Waals surface area contributed by atoms with Gasteiger partial charge in [-0.3, -0.25) is 9.59 Å². The van der Waals surface area contributed by atoms with Gasteiger partial charge in [-0.15, -0.1) is 10.1 Å². The van der Waals surface area contributed by atoms with Gasteiger partial charge in [0.25, 0.3) is 5.91 Å². The van der Waals surface area contributed by atoms with E-state index in [0.29, 0.717) is 21.4 Å². The first-order chi connectivity index (χ1) is 15.5. The molecule has 1 saturated heterocycles. The van der Waals surface area contributed by atoms with Crippen LogP contribution in [0, 0.1) is 0 Å². The Morgan fingerprint density at radius 3 is 2.38 bits per heavy atom. The summed E-state index contributed by atoms with van der Waals surface area (Å²) >= 11 is 12.2. The number of hydrogen-bond donors (Lipinski definition) is 2. The molecule has 1 aliphatic heterocycles. The van der Waals surface area contributed by atoms with Crippen molar-refractivity contribution in [1.82, 2.24) is 10.7 Å². The van der Waals surface area contributed by atoms with Gasteiger partial charge in [0.2, 0.25) is 12.3 Å². The van der Waals surface area contributed by atoms with Crippen LogP contribution in [0.25, 0.3) is 0 Å². The summed E-state index contributed by atoms with van der Waals surface area (Å²) in [4.78, 5) is 25.8. The lowest BCUT2D eigenvalue weighted by Gasteiger charge is -2.15. The molecule has 0 radical (unpaired) electrons. The first-order valence-electron chi connectivity index (χ1n) is 9.85. The Morgan fingerprint density at radius 1 is 1.03 bits per heavy atom. The van der Waals surface area contributed by atoms with E-state index in [-0.39, 0.29) is 11.8 Å². The highest BCUT2D eigenvalue weighted by atomic mass is 35.5. The molecular weight excluding hydrogens is 449 g/mol. The van der Waals surface area contributed by atoms with Crippen LogP contribution in [0.15, 0.2) is 72.8 Å². The number of ether oxygens (including phenoxy) is 1. The number of carbonyl (C=O) groups is 2. The molecule has 3 aromatic carbocycles. The van der Waals surface area contributed by atoms with Crippen LogP contribution in [0.3, 0.4) is 0 Å². The van der Waals surface area contributed by atoms with Crippen molar-refractivity contribution in [3.63, 3.8) is 0 Å². The van der Waals surface area contributed by atoms with Crippen molar-refractivity contribution in [2.45, 2.75) is 12.1 Å². The summed E-state index contributed by atoms with van der Waals surface area (Å²) in [5.74, 6) is -0.0224. The molecule has 1 heterocycles. The van der Waals surface area contributed by atoms with Crippen molar-refractivity contribution >= 4 is 41.2 Å². The normalized spacial score (nSPS) is 19.0. The minimum Gasteiger partial charge on any atom is -0.497 e. The summed E-state index contributed by atoms with van der Waals surface area (Å²) < 4.78 is 6.91. The summed E-state index contributed by atoms with van der Waals surface area (Å²) in [6, 6.07) is 19.8. The number of benzene rings is 3. The van der Waals surface area contributed by atoms with Gasteiger partial charge in [-0.25, -0.2) is 0 Å². The van der Waals surface area contributed by atoms with Crippen molar-refractivity contribution in [2.24, 2.45) is 0 Å². The van der Waals surface area contributed by atoms with Crippen LogP contribution in [0.5, 0.6) is 5.75 Å². The molecule has 0 saturated carbocycles. The van der Waals surface area contributed by atoms with Crippen molar-refractivity contribution in [3.8, 4) is 5.75 Å². The highest BCUT2D eigenvalue weighted by Gasteiger charge is 2.47. The Labute approximate surface area is 195 Å². The predicted octanol–water partition coefficient (Wildman–Crippen LogP) is 4.02. The SMILES string of the molecule is COc1ccc([C@@H]2[C@@H](NC(=O)c3ccc(Cl)cc3)C(=O)N/[N+]2=C\c2ccccc2Cl)cc1. The number of rotatable bonds is 5. The molecule has 1 fully saturated rings. The molecule has 0 aliphatic carbocycles. The van der Waals surface area contributed by atoms with E-state index in [1.165, 1.54) is 0 Å². The zero-order chi connectivity index (χ0) is 22.7. The average Bonchev–Trinajstić information content (AvgIpc) is 3.10. The highest BCUT2D eigenvalue weighted by molar-refractivity contribution is 6.33. The Bertz CT molecular complexity index is 1180. The molecule has 0 bridgehead atoms. The Hall–Kier alpha value is -3.35. The Kier molecular flexibility index (Phi) is 6.44. The molecule has 2 N–H and O–H groups in total. The van der Waals surface area contributed by atoms with Crippen LogP contribution in [-0.4, -0.2) is 35.9 Å². The van der Waals surface area contributed by atoms with Crippen molar-refractivity contribution in [2.75, 3.05) is 7.11 Å². The molecule has 32 heavy (non-hydrogen) atoms. The molecule has 0 unspecified atom stereocenters. The fraction of sp³-hybridized carbons (Fsp3) is 0.125. The maximum Gasteiger partial charge on any atom is 0.304 e. The first-order valence-corrected chi connectivity index (χ1v) is 10.6. The number of nitrogens with one attached hydrogen (secondary N) is 2. The van der Waals surface area contributed by atoms with Crippen molar-refractivity contribution in [3.05, 3.63) is 99.5 Å². The topological polar surface area (TPSA) is 70.4 Å². The predicted molar refractivity (Wildman–Crippen MR) is 123 cm³/mol. The van der Waals surface area contributed by atoms with Crippen molar-refractivity contribution < 1.29 is 19.0 Å². The van der Waals surface area contributed by atoms with Gasteiger partial charge in [-0.05, 0) is 60.7 Å². The molecule has 1 aliphatic rings. The minimum absolute atomic E-state index is 0.337. The Morgan fingerprint density at radius 2 is 1.72 bits per heavy atom. The fourth-order valence-electron chi connectivity index (χ4n) is 3.54. The minimum atomic E-state index is -0.842. The van der Waals surface area contributed by atoms with E-state index in [1.807, 2.05) is 42.5 Å². The smallest absolute Gasteiger partial charge is 0.304 e. The van der Waals surface area contributed by atoms with Crippen LogP contribution < -0.4 is 15.5 Å². The van der Waals surface area contributed by atoms with Crippen LogP contribution >= 0.6 is 23.2 Å². The third-order valence-corrected chi connectivity index (χ3v) is 5.77. The van der Waals surface area contributed by atoms with Gasteiger partial charge in [0.05, 0.1) is 17.7 Å². The largest absolute Gasteiger partial charge is 0.497 e. The number of hydrazine groups is 1. The number of hydrazone groups is 1.